The lowest BCUT2D eigenvalue weighted by Gasteiger charge is -2.26. The number of fused-ring (bicyclic) bond motifs is 1. The fourth-order valence-electron chi connectivity index (χ4n) is 5.07. The summed E-state index contributed by atoms with van der Waals surface area (Å²) in [7, 11) is -2.44. The summed E-state index contributed by atoms with van der Waals surface area (Å²) in [5, 5.41) is 1.08. The molecule has 4 aromatic rings. The number of benzene rings is 3. The van der Waals surface area contributed by atoms with Crippen molar-refractivity contribution in [3.05, 3.63) is 101 Å². The number of halogens is 3. The highest BCUT2D eigenvalue weighted by Gasteiger charge is 2.33. The SMILES string of the molecule is COc1cccc(Cn2c(C)c(C3=CCN(S(=O)(=O)c4cccc(C(F)(F)F)c4)CC3)c3ccccc32)c1. The minimum atomic E-state index is -4.61. The number of para-hydroxylation sites is 1. The maximum absolute atomic E-state index is 13.2. The van der Waals surface area contributed by atoms with Gasteiger partial charge in [0, 0.05) is 41.8 Å². The average Bonchev–Trinajstić information content (AvgIpc) is 3.19. The van der Waals surface area contributed by atoms with Crippen molar-refractivity contribution in [1.82, 2.24) is 8.87 Å². The number of hydrogen-bond donors (Lipinski definition) is 0. The Bertz CT molecular complexity index is 1640. The first-order valence-electron chi connectivity index (χ1n) is 12.2. The van der Waals surface area contributed by atoms with Gasteiger partial charge in [-0.1, -0.05) is 42.5 Å². The molecule has 0 unspecified atom stereocenters. The van der Waals surface area contributed by atoms with Crippen LogP contribution in [0.25, 0.3) is 16.5 Å². The summed E-state index contributed by atoms with van der Waals surface area (Å²) >= 11 is 0. The Morgan fingerprint density at radius 2 is 1.74 bits per heavy atom. The highest BCUT2D eigenvalue weighted by molar-refractivity contribution is 7.89. The van der Waals surface area contributed by atoms with E-state index in [0.29, 0.717) is 19.0 Å². The van der Waals surface area contributed by atoms with Crippen LogP contribution in [0.4, 0.5) is 13.2 Å². The molecule has 1 aromatic heterocycles. The molecule has 38 heavy (non-hydrogen) atoms. The van der Waals surface area contributed by atoms with Gasteiger partial charge in [0.05, 0.1) is 17.6 Å². The average molecular weight is 541 g/mol. The number of nitrogens with zero attached hydrogens (tertiary/aromatic N) is 2. The van der Waals surface area contributed by atoms with Gasteiger partial charge >= 0.3 is 6.18 Å². The second-order valence-corrected chi connectivity index (χ2v) is 11.2. The van der Waals surface area contributed by atoms with Crippen LogP contribution < -0.4 is 4.74 Å². The number of ether oxygens (including phenoxy) is 1. The third-order valence-corrected chi connectivity index (χ3v) is 8.86. The Labute approximate surface area is 219 Å². The highest BCUT2D eigenvalue weighted by atomic mass is 32.2. The normalized spacial score (nSPS) is 15.0. The van der Waals surface area contributed by atoms with Gasteiger partial charge in [0.25, 0.3) is 0 Å². The molecular weight excluding hydrogens is 513 g/mol. The molecule has 9 heteroatoms. The van der Waals surface area contributed by atoms with Gasteiger partial charge in [-0.25, -0.2) is 8.42 Å². The van der Waals surface area contributed by atoms with Gasteiger partial charge in [-0.05, 0) is 60.9 Å². The Morgan fingerprint density at radius 1 is 0.974 bits per heavy atom. The number of rotatable bonds is 6. The van der Waals surface area contributed by atoms with E-state index in [4.69, 9.17) is 4.74 Å². The maximum atomic E-state index is 13.2. The summed E-state index contributed by atoms with van der Waals surface area (Å²) < 4.78 is 74.6. The summed E-state index contributed by atoms with van der Waals surface area (Å²) in [4.78, 5) is -0.352. The first kappa shape index (κ1) is 26.1. The molecule has 5 rings (SSSR count). The maximum Gasteiger partial charge on any atom is 0.416 e. The molecule has 0 atom stereocenters. The summed E-state index contributed by atoms with van der Waals surface area (Å²) in [5.41, 5.74) is 4.34. The molecule has 0 bridgehead atoms. The van der Waals surface area contributed by atoms with Crippen LogP contribution in [0.5, 0.6) is 5.75 Å². The van der Waals surface area contributed by atoms with Crippen molar-refractivity contribution >= 4 is 26.5 Å². The minimum absolute atomic E-state index is 0.0861. The summed E-state index contributed by atoms with van der Waals surface area (Å²) in [6.07, 6.45) is -2.29. The van der Waals surface area contributed by atoms with Crippen molar-refractivity contribution in [3.8, 4) is 5.75 Å². The van der Waals surface area contributed by atoms with Gasteiger partial charge in [0.1, 0.15) is 5.75 Å². The van der Waals surface area contributed by atoms with E-state index in [-0.39, 0.29) is 18.0 Å². The molecule has 0 saturated carbocycles. The first-order valence-corrected chi connectivity index (χ1v) is 13.6. The number of hydrogen-bond acceptors (Lipinski definition) is 3. The topological polar surface area (TPSA) is 51.5 Å². The lowest BCUT2D eigenvalue weighted by molar-refractivity contribution is -0.137. The van der Waals surface area contributed by atoms with Crippen LogP contribution in [0.15, 0.2) is 83.8 Å². The van der Waals surface area contributed by atoms with Crippen LogP contribution in [0.2, 0.25) is 0 Å². The largest absolute Gasteiger partial charge is 0.497 e. The molecule has 0 amide bonds. The molecule has 1 aliphatic rings. The van der Waals surface area contributed by atoms with Crippen LogP contribution >= 0.6 is 0 Å². The van der Waals surface area contributed by atoms with Gasteiger partial charge in [0.15, 0.2) is 0 Å². The minimum Gasteiger partial charge on any atom is -0.497 e. The van der Waals surface area contributed by atoms with Crippen LogP contribution in [-0.2, 0) is 22.7 Å². The van der Waals surface area contributed by atoms with Gasteiger partial charge in [-0.3, -0.25) is 0 Å². The second kappa shape index (κ2) is 9.96. The molecule has 0 spiro atoms. The van der Waals surface area contributed by atoms with E-state index in [0.717, 1.165) is 51.2 Å². The zero-order valence-corrected chi connectivity index (χ0v) is 21.8. The third kappa shape index (κ3) is 4.83. The zero-order chi connectivity index (χ0) is 27.1. The van der Waals surface area contributed by atoms with Gasteiger partial charge in [0.2, 0.25) is 10.0 Å². The molecule has 1 aliphatic heterocycles. The molecule has 0 aliphatic carbocycles. The van der Waals surface area contributed by atoms with Crippen LogP contribution in [0.3, 0.4) is 0 Å². The molecule has 3 aromatic carbocycles. The van der Waals surface area contributed by atoms with E-state index in [1.165, 1.54) is 10.4 Å². The van der Waals surface area contributed by atoms with Crippen LogP contribution in [-0.4, -0.2) is 37.5 Å². The molecule has 0 radical (unpaired) electrons. The third-order valence-electron chi connectivity index (χ3n) is 7.00. The van der Waals surface area contributed by atoms with E-state index in [1.54, 1.807) is 7.11 Å². The number of alkyl halides is 3. The number of sulfonamides is 1. The summed E-state index contributed by atoms with van der Waals surface area (Å²) in [5.74, 6) is 0.786. The molecule has 198 valence electrons. The van der Waals surface area contributed by atoms with Crippen LogP contribution in [0.1, 0.15) is 28.8 Å². The first-order chi connectivity index (χ1) is 18.1. The van der Waals surface area contributed by atoms with Crippen molar-refractivity contribution in [2.24, 2.45) is 0 Å². The van der Waals surface area contributed by atoms with Crippen molar-refractivity contribution in [1.29, 1.82) is 0 Å². The number of methoxy groups -OCH3 is 1. The Morgan fingerprint density at radius 3 is 2.45 bits per heavy atom. The van der Waals surface area contributed by atoms with Crippen LogP contribution in [0, 0.1) is 6.92 Å². The lowest BCUT2D eigenvalue weighted by atomic mass is 9.97. The Kier molecular flexibility index (Phi) is 6.83. The fraction of sp³-hybridized carbons (Fsp3) is 0.241. The van der Waals surface area contributed by atoms with Crippen molar-refractivity contribution in [2.75, 3.05) is 20.2 Å². The summed E-state index contributed by atoms with van der Waals surface area (Å²) in [6.45, 7) is 2.97. The monoisotopic (exact) mass is 540 g/mol. The predicted molar refractivity (Wildman–Crippen MR) is 142 cm³/mol. The molecule has 0 fully saturated rings. The Hall–Kier alpha value is -3.56. The number of aromatic nitrogens is 1. The van der Waals surface area contributed by atoms with E-state index < -0.39 is 21.8 Å². The van der Waals surface area contributed by atoms with E-state index in [9.17, 15) is 21.6 Å². The highest BCUT2D eigenvalue weighted by Crippen LogP contribution is 2.36. The summed E-state index contributed by atoms with van der Waals surface area (Å²) in [6, 6.07) is 19.9. The quantitative estimate of drug-likeness (QED) is 0.280. The van der Waals surface area contributed by atoms with Gasteiger partial charge in [-0.2, -0.15) is 17.5 Å². The van der Waals surface area contributed by atoms with E-state index in [2.05, 4.69) is 23.6 Å². The lowest BCUT2D eigenvalue weighted by Crippen LogP contribution is -2.34. The molecule has 0 saturated heterocycles. The molecule has 5 nitrogen and oxygen atoms in total. The molecular formula is C29H27F3N2O3S. The van der Waals surface area contributed by atoms with Crippen molar-refractivity contribution < 1.29 is 26.3 Å². The second-order valence-electron chi connectivity index (χ2n) is 9.28. The van der Waals surface area contributed by atoms with Gasteiger partial charge in [-0.15, -0.1) is 0 Å². The predicted octanol–water partition coefficient (Wildman–Crippen LogP) is 6.50. The van der Waals surface area contributed by atoms with E-state index in [1.807, 2.05) is 42.5 Å². The molecule has 0 N–H and O–H groups in total. The smallest absolute Gasteiger partial charge is 0.416 e. The van der Waals surface area contributed by atoms with Crippen molar-refractivity contribution in [2.45, 2.75) is 31.0 Å². The van der Waals surface area contributed by atoms with Crippen molar-refractivity contribution in [3.63, 3.8) is 0 Å². The van der Waals surface area contributed by atoms with Gasteiger partial charge < -0.3 is 9.30 Å². The Balaban J connectivity index is 1.47. The molecule has 2 heterocycles. The van der Waals surface area contributed by atoms with E-state index >= 15 is 0 Å². The standard InChI is InChI=1S/C29H27F3N2O3S/c1-20-28(26-11-3-4-12-27(26)34(20)19-21-7-5-9-24(17-21)37-2)22-13-15-33(16-14-22)38(35,36)25-10-6-8-23(18-25)29(30,31)32/h3-13,17-18H,14-16,19H2,1-2H3. The fourth-order valence-corrected chi connectivity index (χ4v) is 6.50. The zero-order valence-electron chi connectivity index (χ0n) is 21.0.